The third-order valence-electron chi connectivity index (χ3n) is 3.17. The molecule has 20 heavy (non-hydrogen) atoms. The fourth-order valence-electron chi connectivity index (χ4n) is 2.27. The van der Waals surface area contributed by atoms with Gasteiger partial charge >= 0.3 is 0 Å². The van der Waals surface area contributed by atoms with Crippen LogP contribution in [0.4, 0.5) is 8.78 Å². The minimum absolute atomic E-state index is 0.0972. The van der Waals surface area contributed by atoms with Crippen molar-refractivity contribution in [3.63, 3.8) is 0 Å². The van der Waals surface area contributed by atoms with E-state index < -0.39 is 17.7 Å². The molecule has 0 bridgehead atoms. The van der Waals surface area contributed by atoms with Crippen molar-refractivity contribution < 1.29 is 13.9 Å². The number of hydrogen-bond donors (Lipinski definition) is 1. The van der Waals surface area contributed by atoms with Crippen LogP contribution in [0.3, 0.4) is 0 Å². The summed E-state index contributed by atoms with van der Waals surface area (Å²) >= 11 is 3.03. The minimum Gasteiger partial charge on any atom is -0.388 e. The lowest BCUT2D eigenvalue weighted by atomic mass is 9.97. The SMILES string of the molecule is Cc1cc(C)cc(C(O)Cc2c(F)ccc(Br)c2F)c1. The van der Waals surface area contributed by atoms with E-state index in [0.29, 0.717) is 5.56 Å². The zero-order valence-corrected chi connectivity index (χ0v) is 12.8. The Labute approximate surface area is 125 Å². The summed E-state index contributed by atoms with van der Waals surface area (Å²) in [7, 11) is 0. The second-order valence-electron chi connectivity index (χ2n) is 4.96. The summed E-state index contributed by atoms with van der Waals surface area (Å²) in [6.07, 6.45) is -1.04. The van der Waals surface area contributed by atoms with E-state index in [1.165, 1.54) is 12.1 Å². The van der Waals surface area contributed by atoms with E-state index in [1.807, 2.05) is 32.0 Å². The quantitative estimate of drug-likeness (QED) is 0.808. The summed E-state index contributed by atoms with van der Waals surface area (Å²) in [4.78, 5) is 0. The molecule has 2 aromatic carbocycles. The topological polar surface area (TPSA) is 20.2 Å². The molecule has 0 aliphatic heterocycles. The molecule has 0 spiro atoms. The first-order valence-corrected chi connectivity index (χ1v) is 7.06. The summed E-state index contributed by atoms with van der Waals surface area (Å²) in [6, 6.07) is 8.14. The van der Waals surface area contributed by atoms with Crippen LogP contribution >= 0.6 is 15.9 Å². The van der Waals surface area contributed by atoms with Gasteiger partial charge in [-0.2, -0.15) is 0 Å². The Balaban J connectivity index is 2.32. The number of hydrogen-bond acceptors (Lipinski definition) is 1. The molecule has 0 saturated carbocycles. The second kappa shape index (κ2) is 6.02. The van der Waals surface area contributed by atoms with Gasteiger partial charge in [0.2, 0.25) is 0 Å². The van der Waals surface area contributed by atoms with E-state index in [-0.39, 0.29) is 16.5 Å². The number of aliphatic hydroxyl groups is 1. The Morgan fingerprint density at radius 1 is 1.10 bits per heavy atom. The number of aliphatic hydroxyl groups excluding tert-OH is 1. The highest BCUT2D eigenvalue weighted by atomic mass is 79.9. The van der Waals surface area contributed by atoms with Gasteiger partial charge in [0.15, 0.2) is 0 Å². The Hall–Kier alpha value is -1.26. The first-order chi connectivity index (χ1) is 9.38. The lowest BCUT2D eigenvalue weighted by Crippen LogP contribution is -2.07. The Kier molecular flexibility index (Phi) is 4.55. The molecule has 0 aromatic heterocycles. The van der Waals surface area contributed by atoms with Crippen LogP contribution in [-0.2, 0) is 6.42 Å². The molecule has 0 saturated heterocycles. The van der Waals surface area contributed by atoms with E-state index in [2.05, 4.69) is 15.9 Å². The van der Waals surface area contributed by atoms with Crippen molar-refractivity contribution >= 4 is 15.9 Å². The van der Waals surface area contributed by atoms with Crippen LogP contribution in [0, 0.1) is 25.5 Å². The fourth-order valence-corrected chi connectivity index (χ4v) is 2.64. The van der Waals surface area contributed by atoms with Gasteiger partial charge in [-0.3, -0.25) is 0 Å². The molecule has 2 rings (SSSR count). The van der Waals surface area contributed by atoms with Gasteiger partial charge in [0.1, 0.15) is 11.6 Å². The average Bonchev–Trinajstić information content (AvgIpc) is 2.38. The minimum atomic E-state index is -0.938. The monoisotopic (exact) mass is 340 g/mol. The van der Waals surface area contributed by atoms with Gasteiger partial charge in [-0.1, -0.05) is 29.3 Å². The molecule has 1 unspecified atom stereocenters. The number of rotatable bonds is 3. The van der Waals surface area contributed by atoms with Gasteiger partial charge in [0, 0.05) is 12.0 Å². The van der Waals surface area contributed by atoms with Crippen molar-refractivity contribution in [3.05, 3.63) is 68.7 Å². The first kappa shape index (κ1) is 15.1. The highest BCUT2D eigenvalue weighted by Crippen LogP contribution is 2.27. The molecule has 106 valence electrons. The normalized spacial score (nSPS) is 12.5. The van der Waals surface area contributed by atoms with E-state index in [0.717, 1.165) is 11.1 Å². The van der Waals surface area contributed by atoms with Crippen LogP contribution in [0.15, 0.2) is 34.8 Å². The number of halogens is 3. The van der Waals surface area contributed by atoms with Gasteiger partial charge in [-0.25, -0.2) is 8.78 Å². The molecule has 0 aliphatic carbocycles. The first-order valence-electron chi connectivity index (χ1n) is 6.27. The molecule has 0 amide bonds. The maximum absolute atomic E-state index is 13.9. The highest BCUT2D eigenvalue weighted by molar-refractivity contribution is 9.10. The molecular formula is C16H15BrF2O. The van der Waals surface area contributed by atoms with Crippen LogP contribution in [0.5, 0.6) is 0 Å². The summed E-state index contributed by atoms with van der Waals surface area (Å²) in [5.74, 6) is -1.30. The Morgan fingerprint density at radius 2 is 1.70 bits per heavy atom. The summed E-state index contributed by atoms with van der Waals surface area (Å²) in [5, 5.41) is 10.2. The molecule has 0 heterocycles. The number of benzene rings is 2. The fraction of sp³-hybridized carbons (Fsp3) is 0.250. The third kappa shape index (κ3) is 3.25. The Morgan fingerprint density at radius 3 is 2.30 bits per heavy atom. The van der Waals surface area contributed by atoms with Crippen molar-refractivity contribution in [3.8, 4) is 0 Å². The summed E-state index contributed by atoms with van der Waals surface area (Å²) in [5.41, 5.74) is 2.58. The molecule has 1 N–H and O–H groups in total. The zero-order valence-electron chi connectivity index (χ0n) is 11.3. The van der Waals surface area contributed by atoms with Gasteiger partial charge < -0.3 is 5.11 Å². The lowest BCUT2D eigenvalue weighted by Gasteiger charge is -2.14. The van der Waals surface area contributed by atoms with Gasteiger partial charge in [-0.15, -0.1) is 0 Å². The highest BCUT2D eigenvalue weighted by Gasteiger charge is 2.17. The maximum atomic E-state index is 13.9. The molecule has 4 heteroatoms. The van der Waals surface area contributed by atoms with Crippen LogP contribution in [0.25, 0.3) is 0 Å². The lowest BCUT2D eigenvalue weighted by molar-refractivity contribution is 0.175. The summed E-state index contributed by atoms with van der Waals surface area (Å²) in [6.45, 7) is 3.84. The maximum Gasteiger partial charge on any atom is 0.143 e. The standard InChI is InChI=1S/C16H15BrF2O/c1-9-5-10(2)7-11(6-9)15(20)8-12-14(18)4-3-13(17)16(12)19/h3-7,15,20H,8H2,1-2H3. The van der Waals surface area contributed by atoms with Crippen LogP contribution in [0.1, 0.15) is 28.4 Å². The molecule has 2 aromatic rings. The van der Waals surface area contributed by atoms with Crippen LogP contribution in [0.2, 0.25) is 0 Å². The van der Waals surface area contributed by atoms with Crippen molar-refractivity contribution in [2.24, 2.45) is 0 Å². The molecule has 0 radical (unpaired) electrons. The van der Waals surface area contributed by atoms with E-state index in [1.54, 1.807) is 0 Å². The second-order valence-corrected chi connectivity index (χ2v) is 5.82. The van der Waals surface area contributed by atoms with Gasteiger partial charge in [0.05, 0.1) is 10.6 Å². The van der Waals surface area contributed by atoms with Crippen molar-refractivity contribution in [1.82, 2.24) is 0 Å². The van der Waals surface area contributed by atoms with E-state index in [9.17, 15) is 13.9 Å². The average molecular weight is 341 g/mol. The van der Waals surface area contributed by atoms with Gasteiger partial charge in [0.25, 0.3) is 0 Å². The third-order valence-corrected chi connectivity index (χ3v) is 3.78. The van der Waals surface area contributed by atoms with Crippen LogP contribution < -0.4 is 0 Å². The smallest absolute Gasteiger partial charge is 0.143 e. The molecule has 1 atom stereocenters. The van der Waals surface area contributed by atoms with Crippen molar-refractivity contribution in [2.75, 3.05) is 0 Å². The van der Waals surface area contributed by atoms with E-state index in [4.69, 9.17) is 0 Å². The number of aryl methyl sites for hydroxylation is 2. The Bertz CT molecular complexity index is 620. The largest absolute Gasteiger partial charge is 0.388 e. The molecule has 1 nitrogen and oxygen atoms in total. The van der Waals surface area contributed by atoms with Crippen LogP contribution in [-0.4, -0.2) is 5.11 Å². The van der Waals surface area contributed by atoms with Crippen molar-refractivity contribution in [2.45, 2.75) is 26.4 Å². The molecular weight excluding hydrogens is 326 g/mol. The summed E-state index contributed by atoms with van der Waals surface area (Å²) < 4.78 is 27.8. The molecule has 0 aliphatic rings. The molecule has 0 fully saturated rings. The van der Waals surface area contributed by atoms with Gasteiger partial charge in [-0.05, 0) is 47.5 Å². The van der Waals surface area contributed by atoms with Crippen molar-refractivity contribution in [1.29, 1.82) is 0 Å². The zero-order chi connectivity index (χ0) is 14.9. The predicted octanol–water partition coefficient (Wildman–Crippen LogP) is 4.62. The van der Waals surface area contributed by atoms with E-state index >= 15 is 0 Å². The predicted molar refractivity (Wildman–Crippen MR) is 78.6 cm³/mol.